The van der Waals surface area contributed by atoms with E-state index in [1.54, 1.807) is 0 Å². The van der Waals surface area contributed by atoms with Gasteiger partial charge in [0.25, 0.3) is 0 Å². The van der Waals surface area contributed by atoms with E-state index in [0.717, 1.165) is 6.20 Å². The second kappa shape index (κ2) is 3.33. The number of hydrazone groups is 1. The van der Waals surface area contributed by atoms with Gasteiger partial charge in [0.2, 0.25) is 0 Å². The minimum atomic E-state index is -0.313. The topological polar surface area (TPSA) is 24.4 Å². The number of nitrogens with one attached hydrogen (secondary N) is 1. The molecule has 0 saturated heterocycles. The van der Waals surface area contributed by atoms with Crippen LogP contribution in [-0.4, -0.2) is 6.72 Å². The molecule has 0 aliphatic rings. The lowest BCUT2D eigenvalue weighted by Crippen LogP contribution is -1.90. The van der Waals surface area contributed by atoms with Gasteiger partial charge in [-0.1, -0.05) is 0 Å². The van der Waals surface area contributed by atoms with Gasteiger partial charge >= 0.3 is 0 Å². The van der Waals surface area contributed by atoms with Crippen LogP contribution in [0.1, 0.15) is 6.92 Å². The summed E-state index contributed by atoms with van der Waals surface area (Å²) < 4.78 is 11.6. The highest BCUT2D eigenvalue weighted by atomic mass is 19.1. The zero-order valence-corrected chi connectivity index (χ0v) is 4.11. The summed E-state index contributed by atoms with van der Waals surface area (Å²) >= 11 is 0. The Labute approximate surface area is 41.7 Å². The first-order chi connectivity index (χ1) is 3.27. The second-order valence-corrected chi connectivity index (χ2v) is 1.02. The van der Waals surface area contributed by atoms with Gasteiger partial charge in [-0.2, -0.15) is 5.10 Å². The zero-order valence-electron chi connectivity index (χ0n) is 4.11. The van der Waals surface area contributed by atoms with Gasteiger partial charge in [0.1, 0.15) is 5.83 Å². The van der Waals surface area contributed by atoms with Gasteiger partial charge in [0.05, 0.1) is 6.20 Å². The van der Waals surface area contributed by atoms with Crippen molar-refractivity contribution in [2.75, 3.05) is 0 Å². The maximum Gasteiger partial charge on any atom is 0.114 e. The summed E-state index contributed by atoms with van der Waals surface area (Å²) in [6.45, 7) is 4.38. The summed E-state index contributed by atoms with van der Waals surface area (Å²) in [5, 5.41) is 3.16. The van der Waals surface area contributed by atoms with Gasteiger partial charge in [-0.05, 0) is 6.92 Å². The number of hydrogen-bond acceptors (Lipinski definition) is 2. The van der Waals surface area contributed by atoms with Crippen LogP contribution in [0.5, 0.6) is 0 Å². The van der Waals surface area contributed by atoms with E-state index in [1.807, 2.05) is 0 Å². The van der Waals surface area contributed by atoms with Crippen LogP contribution in [0.15, 0.2) is 17.1 Å². The molecule has 0 unspecified atom stereocenters. The highest BCUT2D eigenvalue weighted by molar-refractivity contribution is 5.22. The van der Waals surface area contributed by atoms with E-state index in [-0.39, 0.29) is 5.83 Å². The van der Waals surface area contributed by atoms with E-state index < -0.39 is 0 Å². The van der Waals surface area contributed by atoms with Gasteiger partial charge in [-0.25, -0.2) is 4.39 Å². The van der Waals surface area contributed by atoms with Gasteiger partial charge in [0, 0.05) is 6.72 Å². The monoisotopic (exact) mass is 102 g/mol. The fourth-order valence-electron chi connectivity index (χ4n) is 0.135. The third-order valence-electron chi connectivity index (χ3n) is 0.355. The van der Waals surface area contributed by atoms with Gasteiger partial charge in [-0.3, -0.25) is 5.43 Å². The Hall–Kier alpha value is -0.860. The van der Waals surface area contributed by atoms with Crippen LogP contribution in [0.25, 0.3) is 0 Å². The molecule has 7 heavy (non-hydrogen) atoms. The standard InChI is InChI=1S/C4H7FN2/c1-4(5)3-7-6-2/h3,7H,2H2,1H3/b4-3+. The average Bonchev–Trinajstić information content (AvgIpc) is 1.61. The molecule has 0 heterocycles. The first kappa shape index (κ1) is 6.14. The van der Waals surface area contributed by atoms with Crippen LogP contribution >= 0.6 is 0 Å². The molecule has 0 aliphatic heterocycles. The van der Waals surface area contributed by atoms with Crippen molar-refractivity contribution < 1.29 is 4.39 Å². The van der Waals surface area contributed by atoms with Crippen LogP contribution in [0, 0.1) is 0 Å². The Morgan fingerprint density at radius 2 is 2.57 bits per heavy atom. The number of nitrogens with zero attached hydrogens (tertiary/aromatic N) is 1. The smallest absolute Gasteiger partial charge is 0.114 e. The van der Waals surface area contributed by atoms with Crippen LogP contribution in [0.3, 0.4) is 0 Å². The minimum absolute atomic E-state index is 0.313. The Morgan fingerprint density at radius 3 is 2.71 bits per heavy atom. The molecule has 0 aromatic carbocycles. The molecule has 0 atom stereocenters. The summed E-state index contributed by atoms with van der Waals surface area (Å²) in [5.41, 5.74) is 2.22. The van der Waals surface area contributed by atoms with Gasteiger partial charge in [-0.15, -0.1) is 0 Å². The highest BCUT2D eigenvalue weighted by Crippen LogP contribution is 1.86. The molecule has 0 saturated carbocycles. The molecular formula is C4H7FN2. The van der Waals surface area contributed by atoms with Crippen LogP contribution in [-0.2, 0) is 0 Å². The maximum atomic E-state index is 11.6. The molecule has 0 rings (SSSR count). The van der Waals surface area contributed by atoms with Crippen molar-refractivity contribution in [3.05, 3.63) is 12.0 Å². The molecule has 2 nitrogen and oxygen atoms in total. The normalized spacial score (nSPS) is 10.9. The molecule has 0 amide bonds. The molecule has 0 fully saturated rings. The number of allylic oxidation sites excluding steroid dienone is 1. The predicted molar refractivity (Wildman–Crippen MR) is 27.5 cm³/mol. The summed E-state index contributed by atoms with van der Waals surface area (Å²) in [6, 6.07) is 0. The van der Waals surface area contributed by atoms with E-state index in [9.17, 15) is 4.39 Å². The van der Waals surface area contributed by atoms with E-state index in [1.165, 1.54) is 6.92 Å². The SMILES string of the molecule is C=NN/C=C(\C)F. The van der Waals surface area contributed by atoms with Crippen LogP contribution in [0.2, 0.25) is 0 Å². The highest BCUT2D eigenvalue weighted by Gasteiger charge is 1.73. The summed E-state index contributed by atoms with van der Waals surface area (Å²) in [5.74, 6) is -0.313. The van der Waals surface area contributed by atoms with Crippen molar-refractivity contribution in [1.29, 1.82) is 0 Å². The number of halogens is 1. The predicted octanol–water partition coefficient (Wildman–Crippen LogP) is 1.02. The summed E-state index contributed by atoms with van der Waals surface area (Å²) in [6.07, 6.45) is 1.12. The lowest BCUT2D eigenvalue weighted by atomic mass is 10.7. The maximum absolute atomic E-state index is 11.6. The fourth-order valence-corrected chi connectivity index (χ4v) is 0.135. The van der Waals surface area contributed by atoms with Crippen LogP contribution in [0.4, 0.5) is 4.39 Å². The molecule has 1 N–H and O–H groups in total. The molecule has 0 aromatic heterocycles. The third-order valence-corrected chi connectivity index (χ3v) is 0.355. The number of rotatable bonds is 2. The Kier molecular flexibility index (Phi) is 2.92. The molecule has 0 spiro atoms. The lowest BCUT2D eigenvalue weighted by molar-refractivity contribution is 0.628. The lowest BCUT2D eigenvalue weighted by Gasteiger charge is -1.83. The van der Waals surface area contributed by atoms with Crippen LogP contribution < -0.4 is 5.43 Å². The Balaban J connectivity index is 3.25. The Morgan fingerprint density at radius 1 is 2.00 bits per heavy atom. The van der Waals surface area contributed by atoms with E-state index in [0.29, 0.717) is 0 Å². The van der Waals surface area contributed by atoms with Crippen molar-refractivity contribution in [3.8, 4) is 0 Å². The Bertz CT molecular complexity index is 83.7. The fraction of sp³-hybridized carbons (Fsp3) is 0.250. The molecular weight excluding hydrogens is 95.1 g/mol. The average molecular weight is 102 g/mol. The summed E-state index contributed by atoms with van der Waals surface area (Å²) in [7, 11) is 0. The van der Waals surface area contributed by atoms with Gasteiger partial charge in [0.15, 0.2) is 0 Å². The van der Waals surface area contributed by atoms with Crippen molar-refractivity contribution in [2.45, 2.75) is 6.92 Å². The summed E-state index contributed by atoms with van der Waals surface area (Å²) in [4.78, 5) is 0. The first-order valence-electron chi connectivity index (χ1n) is 1.81. The first-order valence-corrected chi connectivity index (χ1v) is 1.81. The molecule has 0 aliphatic carbocycles. The molecule has 0 radical (unpaired) electrons. The van der Waals surface area contributed by atoms with Crippen molar-refractivity contribution in [3.63, 3.8) is 0 Å². The van der Waals surface area contributed by atoms with E-state index in [4.69, 9.17) is 0 Å². The molecule has 40 valence electrons. The largest absolute Gasteiger partial charge is 0.284 e. The van der Waals surface area contributed by atoms with E-state index in [2.05, 4.69) is 17.2 Å². The quantitative estimate of drug-likeness (QED) is 0.408. The van der Waals surface area contributed by atoms with Crippen molar-refractivity contribution in [1.82, 2.24) is 5.43 Å². The van der Waals surface area contributed by atoms with Crippen molar-refractivity contribution >= 4 is 6.72 Å². The molecule has 0 bridgehead atoms. The second-order valence-electron chi connectivity index (χ2n) is 1.02. The van der Waals surface area contributed by atoms with Gasteiger partial charge < -0.3 is 0 Å². The van der Waals surface area contributed by atoms with E-state index >= 15 is 0 Å². The third kappa shape index (κ3) is 5.14. The minimum Gasteiger partial charge on any atom is -0.284 e. The number of hydrogen-bond donors (Lipinski definition) is 1. The van der Waals surface area contributed by atoms with Crippen molar-refractivity contribution in [2.24, 2.45) is 5.10 Å². The zero-order chi connectivity index (χ0) is 5.70. The molecule has 0 aromatic rings. The molecule has 3 heteroatoms.